The maximum absolute atomic E-state index is 13.2. The maximum atomic E-state index is 13.2. The minimum atomic E-state index is 0.00555. The lowest BCUT2D eigenvalue weighted by atomic mass is 9.97. The monoisotopic (exact) mass is 433 g/mol. The second-order valence-corrected chi connectivity index (χ2v) is 8.93. The number of carbonyl (C=O) groups excluding carboxylic acids is 1. The molecule has 2 aliphatic rings. The highest BCUT2D eigenvalue weighted by molar-refractivity contribution is 6.33. The average molecular weight is 434 g/mol. The molecule has 2 aromatic heterocycles. The third-order valence-corrected chi connectivity index (χ3v) is 6.77. The minimum Gasteiger partial charge on any atom is -0.486 e. The zero-order chi connectivity index (χ0) is 21.7. The molecule has 0 N–H and O–H groups in total. The van der Waals surface area contributed by atoms with Crippen LogP contribution in [0.4, 0.5) is 0 Å². The van der Waals surface area contributed by atoms with E-state index in [1.165, 1.54) is 0 Å². The van der Waals surface area contributed by atoms with E-state index < -0.39 is 0 Å². The van der Waals surface area contributed by atoms with Crippen molar-refractivity contribution in [3.8, 4) is 17.0 Å². The van der Waals surface area contributed by atoms with Crippen LogP contribution in [0.1, 0.15) is 46.1 Å². The first-order chi connectivity index (χ1) is 14.9. The molecule has 0 radical (unpaired) electrons. The summed E-state index contributed by atoms with van der Waals surface area (Å²) in [7, 11) is 0. The molecule has 158 valence electrons. The third-order valence-electron chi connectivity index (χ3n) is 6.31. The summed E-state index contributed by atoms with van der Waals surface area (Å²) >= 11 is 6.69. The van der Waals surface area contributed by atoms with Crippen molar-refractivity contribution in [1.82, 2.24) is 14.9 Å². The minimum absolute atomic E-state index is 0.00555. The highest BCUT2D eigenvalue weighted by Gasteiger charge is 2.40. The molecule has 3 aromatic rings. The van der Waals surface area contributed by atoms with Crippen molar-refractivity contribution in [2.45, 2.75) is 45.8 Å². The first-order valence-electron chi connectivity index (χ1n) is 10.6. The van der Waals surface area contributed by atoms with Crippen LogP contribution in [-0.4, -0.2) is 39.5 Å². The third kappa shape index (κ3) is 3.57. The summed E-state index contributed by atoms with van der Waals surface area (Å²) in [6, 6.07) is 10.2. The summed E-state index contributed by atoms with van der Waals surface area (Å²) in [5.74, 6) is 0.540. The number of benzene rings is 1. The highest BCUT2D eigenvalue weighted by atomic mass is 35.5. The van der Waals surface area contributed by atoms with E-state index in [1.807, 2.05) is 55.4 Å². The van der Waals surface area contributed by atoms with Crippen LogP contribution < -0.4 is 4.74 Å². The molecule has 0 aliphatic carbocycles. The number of aromatic nitrogens is 2. The molecule has 2 atom stereocenters. The summed E-state index contributed by atoms with van der Waals surface area (Å²) < 4.78 is 6.17. The summed E-state index contributed by atoms with van der Waals surface area (Å²) in [6.45, 7) is 6.64. The van der Waals surface area contributed by atoms with Gasteiger partial charge < -0.3 is 9.64 Å². The molecular formula is C25H24ClN3O2. The van der Waals surface area contributed by atoms with Gasteiger partial charge >= 0.3 is 0 Å². The average Bonchev–Trinajstić information content (AvgIpc) is 3.07. The van der Waals surface area contributed by atoms with Crippen molar-refractivity contribution in [2.75, 3.05) is 6.54 Å². The Kier molecular flexibility index (Phi) is 4.94. The van der Waals surface area contributed by atoms with E-state index in [0.717, 1.165) is 40.1 Å². The first kappa shape index (κ1) is 20.0. The lowest BCUT2D eigenvalue weighted by molar-refractivity contribution is 0.0748. The second kappa shape index (κ2) is 7.65. The lowest BCUT2D eigenvalue weighted by Gasteiger charge is -2.23. The molecule has 0 saturated carbocycles. The Balaban J connectivity index is 1.46. The van der Waals surface area contributed by atoms with Crippen LogP contribution in [0.25, 0.3) is 11.3 Å². The van der Waals surface area contributed by atoms with Gasteiger partial charge in [0.2, 0.25) is 0 Å². The van der Waals surface area contributed by atoms with Gasteiger partial charge in [0.05, 0.1) is 22.8 Å². The molecule has 2 aliphatic heterocycles. The van der Waals surface area contributed by atoms with Gasteiger partial charge in [0.1, 0.15) is 6.10 Å². The molecule has 1 saturated heterocycles. The molecule has 4 heterocycles. The number of ether oxygens (including phenoxy) is 1. The van der Waals surface area contributed by atoms with E-state index in [0.29, 0.717) is 29.3 Å². The zero-order valence-corrected chi connectivity index (χ0v) is 18.6. The van der Waals surface area contributed by atoms with Gasteiger partial charge in [0.25, 0.3) is 5.91 Å². The molecule has 2 bridgehead atoms. The Labute approximate surface area is 187 Å². The van der Waals surface area contributed by atoms with E-state index in [4.69, 9.17) is 16.3 Å². The van der Waals surface area contributed by atoms with Gasteiger partial charge in [-0.15, -0.1) is 0 Å². The fourth-order valence-electron chi connectivity index (χ4n) is 4.45. The normalized spacial score (nSPS) is 19.7. The number of halogens is 1. The fourth-order valence-corrected chi connectivity index (χ4v) is 4.71. The second-order valence-electron chi connectivity index (χ2n) is 8.55. The molecule has 31 heavy (non-hydrogen) atoms. The summed E-state index contributed by atoms with van der Waals surface area (Å²) in [4.78, 5) is 24.0. The number of nitrogens with zero attached hydrogens (tertiary/aromatic N) is 3. The molecule has 1 amide bonds. The van der Waals surface area contributed by atoms with Gasteiger partial charge in [-0.05, 0) is 68.1 Å². The van der Waals surface area contributed by atoms with Crippen molar-refractivity contribution in [3.63, 3.8) is 0 Å². The van der Waals surface area contributed by atoms with E-state index in [-0.39, 0.29) is 18.1 Å². The van der Waals surface area contributed by atoms with Gasteiger partial charge in [0, 0.05) is 36.1 Å². The van der Waals surface area contributed by atoms with Crippen LogP contribution in [0.5, 0.6) is 5.75 Å². The molecule has 6 heteroatoms. The Bertz CT molecular complexity index is 1160. The van der Waals surface area contributed by atoms with Crippen LogP contribution in [0.3, 0.4) is 0 Å². The van der Waals surface area contributed by atoms with E-state index in [9.17, 15) is 4.79 Å². The van der Waals surface area contributed by atoms with Crippen LogP contribution in [0, 0.1) is 13.8 Å². The number of pyridine rings is 2. The predicted molar refractivity (Wildman–Crippen MR) is 121 cm³/mol. The van der Waals surface area contributed by atoms with Crippen molar-refractivity contribution < 1.29 is 9.53 Å². The number of hydrogen-bond donors (Lipinski definition) is 0. The van der Waals surface area contributed by atoms with Gasteiger partial charge in [-0.2, -0.15) is 0 Å². The quantitative estimate of drug-likeness (QED) is 0.583. The highest BCUT2D eigenvalue weighted by Crippen LogP contribution is 2.41. The SMILES string of the molecule is Cc1ccc(-c2ccc(Cc3cc4c(c(Cl)c3C)OC3C[C@@H](C)N(C3)C4=O)cn2)cn1. The summed E-state index contributed by atoms with van der Waals surface area (Å²) in [6.07, 6.45) is 5.21. The van der Waals surface area contributed by atoms with Gasteiger partial charge in [-0.3, -0.25) is 14.8 Å². The number of fused-ring (bicyclic) bond motifs is 3. The van der Waals surface area contributed by atoms with Gasteiger partial charge in [-0.1, -0.05) is 17.7 Å². The van der Waals surface area contributed by atoms with Crippen molar-refractivity contribution in [2.24, 2.45) is 0 Å². The molecule has 1 aromatic carbocycles. The summed E-state index contributed by atoms with van der Waals surface area (Å²) in [5.41, 5.74) is 6.43. The molecule has 5 nitrogen and oxygen atoms in total. The topological polar surface area (TPSA) is 55.3 Å². The van der Waals surface area contributed by atoms with Crippen LogP contribution in [-0.2, 0) is 6.42 Å². The lowest BCUT2D eigenvalue weighted by Crippen LogP contribution is -2.33. The fraction of sp³-hybridized carbons (Fsp3) is 0.320. The van der Waals surface area contributed by atoms with Crippen LogP contribution in [0.15, 0.2) is 42.7 Å². The van der Waals surface area contributed by atoms with Crippen LogP contribution in [0.2, 0.25) is 5.02 Å². The Hall–Kier alpha value is -2.92. The number of hydrogen-bond acceptors (Lipinski definition) is 4. The maximum Gasteiger partial charge on any atom is 0.258 e. The number of carbonyl (C=O) groups is 1. The Morgan fingerprint density at radius 2 is 2.00 bits per heavy atom. The zero-order valence-electron chi connectivity index (χ0n) is 17.9. The number of amides is 1. The largest absolute Gasteiger partial charge is 0.486 e. The standard InChI is InChI=1S/C25H24ClN3O2/c1-14-4-6-18(12-27-14)22-7-5-17(11-28-22)9-19-10-21-24(23(26)16(19)3)31-20-8-15(2)29(13-20)25(21)30/h4-7,10-12,15,20H,8-9,13H2,1-3H3/t15-,20?/m1/s1. The smallest absolute Gasteiger partial charge is 0.258 e. The van der Waals surface area contributed by atoms with Crippen molar-refractivity contribution in [3.05, 3.63) is 75.7 Å². The van der Waals surface area contributed by atoms with Gasteiger partial charge in [0.15, 0.2) is 5.75 Å². The molecule has 1 fully saturated rings. The molecule has 1 unspecified atom stereocenters. The number of aryl methyl sites for hydroxylation is 1. The molecule has 5 rings (SSSR count). The molecular weight excluding hydrogens is 410 g/mol. The van der Waals surface area contributed by atoms with Crippen molar-refractivity contribution in [1.29, 1.82) is 0 Å². The Morgan fingerprint density at radius 3 is 2.71 bits per heavy atom. The molecule has 0 spiro atoms. The van der Waals surface area contributed by atoms with Gasteiger partial charge in [-0.25, -0.2) is 0 Å². The Morgan fingerprint density at radius 1 is 1.16 bits per heavy atom. The van der Waals surface area contributed by atoms with E-state index in [2.05, 4.69) is 23.0 Å². The van der Waals surface area contributed by atoms with E-state index >= 15 is 0 Å². The van der Waals surface area contributed by atoms with Crippen LogP contribution >= 0.6 is 11.6 Å². The summed E-state index contributed by atoms with van der Waals surface area (Å²) in [5, 5.41) is 0.539. The first-order valence-corrected chi connectivity index (χ1v) is 11.0. The van der Waals surface area contributed by atoms with Crippen molar-refractivity contribution >= 4 is 17.5 Å². The number of rotatable bonds is 3. The predicted octanol–water partition coefficient (Wildman–Crippen LogP) is 5.00. The van der Waals surface area contributed by atoms with E-state index in [1.54, 1.807) is 0 Å².